The molecule has 0 amide bonds. The molecule has 5 nitrogen and oxygen atoms in total. The number of alkyl halides is 3. The second-order valence-corrected chi connectivity index (χ2v) is 11.5. The average Bonchev–Trinajstić information content (AvgIpc) is 3.03. The Kier molecular flexibility index (Phi) is 14.6. The number of aromatic carboxylic acids is 1. The second kappa shape index (κ2) is 18.3. The normalized spacial score (nSPS) is 12.1. The number of benzene rings is 3. The third kappa shape index (κ3) is 10.9. The molecule has 3 aromatic carbocycles. The zero-order chi connectivity index (χ0) is 33.5. The first kappa shape index (κ1) is 36.6. The Hall–Kier alpha value is -3.88. The minimum atomic E-state index is -4.65. The van der Waals surface area contributed by atoms with Crippen molar-refractivity contribution in [3.05, 3.63) is 77.6 Å². The molecule has 250 valence electrons. The van der Waals surface area contributed by atoms with Crippen LogP contribution in [0.5, 0.6) is 5.75 Å². The number of ether oxygens (including phenoxy) is 2. The maximum atomic E-state index is 15.5. The van der Waals surface area contributed by atoms with Crippen molar-refractivity contribution in [2.45, 2.75) is 103 Å². The van der Waals surface area contributed by atoms with Gasteiger partial charge in [0.15, 0.2) is 6.10 Å². The van der Waals surface area contributed by atoms with E-state index in [-0.39, 0.29) is 23.3 Å². The molecule has 0 aliphatic carbocycles. The predicted octanol–water partition coefficient (Wildman–Crippen LogP) is 11.0. The molecule has 0 heterocycles. The minimum Gasteiger partial charge on any atom is -0.493 e. The van der Waals surface area contributed by atoms with Crippen molar-refractivity contribution in [3.63, 3.8) is 0 Å². The van der Waals surface area contributed by atoms with Gasteiger partial charge in [0.1, 0.15) is 11.6 Å². The van der Waals surface area contributed by atoms with Crippen LogP contribution in [0, 0.1) is 5.82 Å². The molecule has 1 N–H and O–H groups in total. The molecule has 0 fully saturated rings. The zero-order valence-corrected chi connectivity index (χ0v) is 26.6. The second-order valence-electron chi connectivity index (χ2n) is 11.5. The summed E-state index contributed by atoms with van der Waals surface area (Å²) in [6.45, 7) is 4.51. The van der Waals surface area contributed by atoms with E-state index in [1.807, 2.05) is 6.92 Å². The summed E-state index contributed by atoms with van der Waals surface area (Å²) >= 11 is 0. The van der Waals surface area contributed by atoms with Gasteiger partial charge in [-0.15, -0.1) is 0 Å². The van der Waals surface area contributed by atoms with E-state index in [4.69, 9.17) is 9.47 Å². The number of carboxylic acid groups (broad SMARTS) is 1. The van der Waals surface area contributed by atoms with Crippen molar-refractivity contribution in [1.29, 1.82) is 0 Å². The molecule has 0 spiro atoms. The van der Waals surface area contributed by atoms with Crippen LogP contribution in [0.4, 0.5) is 17.6 Å². The maximum absolute atomic E-state index is 15.5. The number of rotatable bonds is 19. The molecule has 0 bridgehead atoms. The van der Waals surface area contributed by atoms with Gasteiger partial charge >= 0.3 is 18.1 Å². The summed E-state index contributed by atoms with van der Waals surface area (Å²) in [5.74, 6) is -3.06. The van der Waals surface area contributed by atoms with Crippen LogP contribution in [0.2, 0.25) is 0 Å². The summed E-state index contributed by atoms with van der Waals surface area (Å²) in [7, 11) is 0. The van der Waals surface area contributed by atoms with Gasteiger partial charge in [-0.05, 0) is 60.2 Å². The zero-order valence-electron chi connectivity index (χ0n) is 26.6. The van der Waals surface area contributed by atoms with E-state index in [0.717, 1.165) is 38.5 Å². The monoisotopic (exact) mass is 644 g/mol. The number of carbonyl (C=O) groups is 2. The van der Waals surface area contributed by atoms with Crippen LogP contribution in [0.3, 0.4) is 0 Å². The van der Waals surface area contributed by atoms with Gasteiger partial charge in [0.25, 0.3) is 0 Å². The molecular formula is C37H44F4O5. The maximum Gasteiger partial charge on any atom is 0.425 e. The van der Waals surface area contributed by atoms with Crippen LogP contribution < -0.4 is 4.74 Å². The van der Waals surface area contributed by atoms with Gasteiger partial charge in [0, 0.05) is 0 Å². The first-order valence-electron chi connectivity index (χ1n) is 16.2. The molecule has 0 saturated carbocycles. The van der Waals surface area contributed by atoms with Gasteiger partial charge in [-0.3, -0.25) is 0 Å². The average molecular weight is 645 g/mol. The molecule has 1 unspecified atom stereocenters. The summed E-state index contributed by atoms with van der Waals surface area (Å²) in [4.78, 5) is 24.2. The molecule has 9 heteroatoms. The quantitative estimate of drug-likeness (QED) is 0.0799. The summed E-state index contributed by atoms with van der Waals surface area (Å²) in [6, 6.07) is 15.4. The highest BCUT2D eigenvalue weighted by Crippen LogP contribution is 2.36. The largest absolute Gasteiger partial charge is 0.493 e. The van der Waals surface area contributed by atoms with Crippen LogP contribution in [-0.4, -0.2) is 35.9 Å². The van der Waals surface area contributed by atoms with Gasteiger partial charge in [0.05, 0.1) is 23.3 Å². The van der Waals surface area contributed by atoms with E-state index in [0.29, 0.717) is 36.1 Å². The Bertz CT molecular complexity index is 1380. The standard InChI is InChI=1S/C37H44F4O5/c1-3-5-7-9-10-11-13-25-45-31-24-23-30(35(42)43)34(38)33(31)28-19-15-26(16-20-28)27-17-21-29(22-18-27)36(44)46-32(37(39,40)41)14-12-8-6-4-2/h15-24,32H,3-14,25H2,1-2H3,(H,42,43). The fraction of sp³-hybridized carbons (Fsp3) is 0.459. The highest BCUT2D eigenvalue weighted by molar-refractivity contribution is 5.92. The fourth-order valence-electron chi connectivity index (χ4n) is 5.23. The molecule has 46 heavy (non-hydrogen) atoms. The Morgan fingerprint density at radius 1 is 0.717 bits per heavy atom. The van der Waals surface area contributed by atoms with E-state index >= 15 is 4.39 Å². The molecule has 1 atom stereocenters. The van der Waals surface area contributed by atoms with Gasteiger partial charge in [0.2, 0.25) is 0 Å². The van der Waals surface area contributed by atoms with Crippen molar-refractivity contribution < 1.29 is 41.7 Å². The third-order valence-electron chi connectivity index (χ3n) is 7.90. The van der Waals surface area contributed by atoms with E-state index in [9.17, 15) is 27.9 Å². The van der Waals surface area contributed by atoms with Crippen LogP contribution in [0.1, 0.15) is 112 Å². The van der Waals surface area contributed by atoms with Gasteiger partial charge in [-0.25, -0.2) is 14.0 Å². The molecule has 0 aliphatic heterocycles. The summed E-state index contributed by atoms with van der Waals surface area (Å²) < 4.78 is 66.6. The van der Waals surface area contributed by atoms with Crippen LogP contribution in [0.15, 0.2) is 60.7 Å². The van der Waals surface area contributed by atoms with Crippen molar-refractivity contribution in [3.8, 4) is 28.0 Å². The van der Waals surface area contributed by atoms with E-state index < -0.39 is 35.6 Å². The lowest BCUT2D eigenvalue weighted by molar-refractivity contribution is -0.206. The number of hydrogen-bond donors (Lipinski definition) is 1. The van der Waals surface area contributed by atoms with E-state index in [2.05, 4.69) is 6.92 Å². The van der Waals surface area contributed by atoms with Crippen molar-refractivity contribution in [1.82, 2.24) is 0 Å². The molecule has 0 radical (unpaired) electrons. The number of unbranched alkanes of at least 4 members (excludes halogenated alkanes) is 9. The topological polar surface area (TPSA) is 72.8 Å². The molecule has 3 rings (SSSR count). The van der Waals surface area contributed by atoms with Crippen LogP contribution in [0.25, 0.3) is 22.3 Å². The summed E-state index contributed by atoms with van der Waals surface area (Å²) in [6.07, 6.45) is 3.23. The number of hydrogen-bond acceptors (Lipinski definition) is 4. The van der Waals surface area contributed by atoms with Crippen LogP contribution >= 0.6 is 0 Å². The Morgan fingerprint density at radius 2 is 1.24 bits per heavy atom. The fourth-order valence-corrected chi connectivity index (χ4v) is 5.23. The first-order valence-corrected chi connectivity index (χ1v) is 16.2. The number of carbonyl (C=O) groups excluding carboxylic acids is 1. The van der Waals surface area contributed by atoms with E-state index in [1.54, 1.807) is 36.4 Å². The van der Waals surface area contributed by atoms with Crippen molar-refractivity contribution in [2.75, 3.05) is 6.61 Å². The summed E-state index contributed by atoms with van der Waals surface area (Å²) in [5, 5.41) is 9.49. The highest BCUT2D eigenvalue weighted by atomic mass is 19.4. The molecule has 0 saturated heterocycles. The SMILES string of the molecule is CCCCCCCCCOc1ccc(C(=O)O)c(F)c1-c1ccc(-c2ccc(C(=O)OC(CCCCCC)C(F)(F)F)cc2)cc1. The number of halogens is 4. The Morgan fingerprint density at radius 3 is 1.80 bits per heavy atom. The number of esters is 1. The Labute approximate surface area is 268 Å². The molecule has 3 aromatic rings. The molecular weight excluding hydrogens is 600 g/mol. The van der Waals surface area contributed by atoms with E-state index in [1.165, 1.54) is 43.5 Å². The molecule has 0 aromatic heterocycles. The lowest BCUT2D eigenvalue weighted by Crippen LogP contribution is -2.33. The van der Waals surface area contributed by atoms with Gasteiger partial charge < -0.3 is 14.6 Å². The minimum absolute atomic E-state index is 0.00140. The van der Waals surface area contributed by atoms with Crippen LogP contribution in [-0.2, 0) is 4.74 Å². The lowest BCUT2D eigenvalue weighted by Gasteiger charge is -2.20. The third-order valence-corrected chi connectivity index (χ3v) is 7.90. The summed E-state index contributed by atoms with van der Waals surface area (Å²) in [5.41, 5.74) is 1.40. The number of carboxylic acids is 1. The smallest absolute Gasteiger partial charge is 0.425 e. The van der Waals surface area contributed by atoms with Gasteiger partial charge in [-0.2, -0.15) is 13.2 Å². The van der Waals surface area contributed by atoms with Crippen molar-refractivity contribution in [2.24, 2.45) is 0 Å². The highest BCUT2D eigenvalue weighted by Gasteiger charge is 2.42. The van der Waals surface area contributed by atoms with Gasteiger partial charge in [-0.1, -0.05) is 108 Å². The first-order chi connectivity index (χ1) is 22.1. The van der Waals surface area contributed by atoms with Crippen molar-refractivity contribution >= 4 is 11.9 Å². The lowest BCUT2D eigenvalue weighted by atomic mass is 9.97. The predicted molar refractivity (Wildman–Crippen MR) is 172 cm³/mol. The molecule has 0 aliphatic rings. The Balaban J connectivity index is 1.71.